The number of hydrogen-bond acceptors (Lipinski definition) is 10. The van der Waals surface area contributed by atoms with Crippen molar-refractivity contribution in [2.24, 2.45) is 75.4 Å². The van der Waals surface area contributed by atoms with E-state index in [0.717, 1.165) is 67.9 Å². The fourth-order valence-corrected chi connectivity index (χ4v) is 20.0. The molecule has 9 aliphatic carbocycles. The van der Waals surface area contributed by atoms with Crippen molar-refractivity contribution in [1.29, 1.82) is 0 Å². The molecule has 1 aliphatic heterocycles. The van der Waals surface area contributed by atoms with Crippen molar-refractivity contribution < 1.29 is 45.0 Å². The van der Waals surface area contributed by atoms with Gasteiger partial charge in [-0.25, -0.2) is 4.79 Å². The lowest BCUT2D eigenvalue weighted by atomic mass is 9.33. The number of aryl methyl sites for hydroxylation is 1. The molecule has 0 aromatic heterocycles. The molecule has 2 aromatic carbocycles. The molecule has 8 fully saturated rings. The summed E-state index contributed by atoms with van der Waals surface area (Å²) in [5, 5.41) is 84.2. The molecular formula is C60H77NO9. The summed E-state index contributed by atoms with van der Waals surface area (Å²) in [6.07, 6.45) is 12.8. The third-order valence-corrected chi connectivity index (χ3v) is 22.9. The molecule has 2 aromatic rings. The van der Waals surface area contributed by atoms with Crippen LogP contribution in [0.4, 0.5) is 0 Å². The van der Waals surface area contributed by atoms with Gasteiger partial charge in [-0.1, -0.05) is 93.0 Å². The lowest BCUT2D eigenvalue weighted by Gasteiger charge is -2.74. The number of aliphatic hydroxyl groups is 6. The number of benzene rings is 2. The number of nitrogens with one attached hydrogen (secondary N) is 1. The molecule has 7 N–H and O–H groups in total. The molecule has 70 heavy (non-hydrogen) atoms. The Morgan fingerprint density at radius 2 is 1.64 bits per heavy atom. The number of carbonyl (C=O) groups is 2. The van der Waals surface area contributed by atoms with Gasteiger partial charge in [0.15, 0.2) is 0 Å². The average Bonchev–Trinajstić information content (AvgIpc) is 4.16. The number of esters is 1. The molecule has 376 valence electrons. The zero-order valence-electron chi connectivity index (χ0n) is 41.2. The Morgan fingerprint density at radius 1 is 0.857 bits per heavy atom. The van der Waals surface area contributed by atoms with Gasteiger partial charge in [0.25, 0.3) is 0 Å². The van der Waals surface area contributed by atoms with Crippen LogP contribution < -0.4 is 5.32 Å². The Bertz CT molecular complexity index is 2440. The fraction of sp³-hybridized carbons (Fsp3) is 0.700. The average molecular weight is 956 g/mol. The van der Waals surface area contributed by atoms with Gasteiger partial charge in [-0.15, -0.1) is 0 Å². The van der Waals surface area contributed by atoms with Crippen molar-refractivity contribution in [3.05, 3.63) is 82.9 Å². The summed E-state index contributed by atoms with van der Waals surface area (Å²) >= 11 is 0. The van der Waals surface area contributed by atoms with Gasteiger partial charge in [-0.2, -0.15) is 0 Å². The molecule has 10 nitrogen and oxygen atoms in total. The van der Waals surface area contributed by atoms with Crippen molar-refractivity contribution in [1.82, 2.24) is 5.32 Å². The van der Waals surface area contributed by atoms with Crippen molar-refractivity contribution in [3.63, 3.8) is 0 Å². The van der Waals surface area contributed by atoms with E-state index in [1.165, 1.54) is 18.4 Å². The van der Waals surface area contributed by atoms with Crippen LogP contribution in [0, 0.1) is 87.3 Å². The predicted octanol–water partition coefficient (Wildman–Crippen LogP) is 6.98. The number of hydrogen-bond donors (Lipinski definition) is 7. The number of fused-ring (bicyclic) bond motifs is 7. The largest absolute Gasteiger partial charge is 0.454 e. The van der Waals surface area contributed by atoms with E-state index < -0.39 is 75.1 Å². The zero-order valence-corrected chi connectivity index (χ0v) is 41.2. The molecule has 19 unspecified atom stereocenters. The van der Waals surface area contributed by atoms with Crippen LogP contribution in [0.15, 0.2) is 66.2 Å². The standard InChI is InChI=1S/C60H77NO9/c1-36(39-13-5-6-14-39)41-20-21-46-53(65)55(25-22-38(31-55)19-18-37-11-3-2-4-12-37)33-57(34-62)49-23-26-56-24-10-9-16-40-15-7-8-17-42(40)29-48(61-35-63)44-27-43(51(56)45-30-50(64)70-52(44)45)32-58(56,67)60(49,69)54(66)47(28-41)59(46,57)68/h2-4,7-8,11-12,15,17,30,34,36,38-39,41,43-44,46-49,51-54,61,63,65-69H,5-6,10,13-14,18-29,31-33,35H2,1H3. The quantitative estimate of drug-likeness (QED) is 0.0633. The Morgan fingerprint density at radius 3 is 2.43 bits per heavy atom. The Labute approximate surface area is 414 Å². The number of aliphatic hydroxyl groups excluding tert-OH is 3. The predicted molar refractivity (Wildman–Crippen MR) is 263 cm³/mol. The van der Waals surface area contributed by atoms with Gasteiger partial charge in [0.05, 0.1) is 30.0 Å². The highest BCUT2D eigenvalue weighted by Gasteiger charge is 2.86. The highest BCUT2D eigenvalue weighted by atomic mass is 16.5. The molecule has 0 saturated heterocycles. The molecule has 0 amide bonds. The van der Waals surface area contributed by atoms with E-state index in [1.807, 2.05) is 24.3 Å². The minimum atomic E-state index is -2.24. The van der Waals surface area contributed by atoms with Gasteiger partial charge in [0, 0.05) is 53.2 Å². The second-order valence-corrected chi connectivity index (χ2v) is 25.1. The van der Waals surface area contributed by atoms with Gasteiger partial charge in [-0.05, 0) is 160 Å². The van der Waals surface area contributed by atoms with Crippen LogP contribution in [-0.2, 0) is 27.2 Å². The van der Waals surface area contributed by atoms with Crippen LogP contribution in [0.25, 0.3) is 0 Å². The van der Waals surface area contributed by atoms with Crippen LogP contribution in [0.3, 0.4) is 0 Å². The number of aldehydes is 1. The maximum Gasteiger partial charge on any atom is 0.331 e. The molecule has 12 rings (SSSR count). The summed E-state index contributed by atoms with van der Waals surface area (Å²) in [5.41, 5.74) is -5.35. The van der Waals surface area contributed by atoms with Gasteiger partial charge in [0.2, 0.25) is 0 Å². The third-order valence-electron chi connectivity index (χ3n) is 22.9. The van der Waals surface area contributed by atoms with Crippen LogP contribution in [0.1, 0.15) is 139 Å². The van der Waals surface area contributed by atoms with Gasteiger partial charge in [-0.3, -0.25) is 5.32 Å². The van der Waals surface area contributed by atoms with E-state index in [0.29, 0.717) is 63.2 Å². The van der Waals surface area contributed by atoms with Gasteiger partial charge >= 0.3 is 5.97 Å². The van der Waals surface area contributed by atoms with Crippen molar-refractivity contribution in [2.75, 3.05) is 6.73 Å². The first-order valence-corrected chi connectivity index (χ1v) is 27.6. The van der Waals surface area contributed by atoms with E-state index in [2.05, 4.69) is 54.4 Å². The summed E-state index contributed by atoms with van der Waals surface area (Å²) in [6, 6.07) is 18.2. The van der Waals surface area contributed by atoms with E-state index in [9.17, 15) is 35.4 Å². The smallest absolute Gasteiger partial charge is 0.331 e. The second-order valence-electron chi connectivity index (χ2n) is 25.1. The topological polar surface area (TPSA) is 177 Å². The third kappa shape index (κ3) is 6.56. The first-order valence-electron chi connectivity index (χ1n) is 27.6. The van der Waals surface area contributed by atoms with E-state index in [4.69, 9.17) is 4.74 Å². The maximum atomic E-state index is 15.1. The summed E-state index contributed by atoms with van der Waals surface area (Å²) < 4.78 is 6.28. The van der Waals surface area contributed by atoms with E-state index in [1.54, 1.807) is 6.08 Å². The first-order chi connectivity index (χ1) is 33.8. The molecular weight excluding hydrogens is 879 g/mol. The number of carbonyl (C=O) groups excluding carboxylic acids is 2. The van der Waals surface area contributed by atoms with E-state index >= 15 is 4.79 Å². The lowest BCUT2D eigenvalue weighted by molar-refractivity contribution is -0.383. The number of ether oxygens (including phenoxy) is 1. The van der Waals surface area contributed by atoms with Gasteiger partial charge in [0.1, 0.15) is 23.6 Å². The lowest BCUT2D eigenvalue weighted by Crippen LogP contribution is -2.86. The normalized spacial score (nSPS) is 47.4. The number of rotatable bonds is 8. The Balaban J connectivity index is 1.01. The summed E-state index contributed by atoms with van der Waals surface area (Å²) in [6.45, 7) is 2.04. The van der Waals surface area contributed by atoms with Crippen molar-refractivity contribution >= 4 is 12.3 Å². The molecule has 10 aliphatic rings. The summed E-state index contributed by atoms with van der Waals surface area (Å²) in [7, 11) is 0. The minimum Gasteiger partial charge on any atom is -0.454 e. The molecule has 2 spiro atoms. The highest BCUT2D eigenvalue weighted by molar-refractivity contribution is 5.86. The Kier molecular flexibility index (Phi) is 11.8. The molecule has 8 saturated carbocycles. The van der Waals surface area contributed by atoms with Crippen LogP contribution >= 0.6 is 0 Å². The van der Waals surface area contributed by atoms with Crippen molar-refractivity contribution in [2.45, 2.75) is 176 Å². The van der Waals surface area contributed by atoms with Crippen LogP contribution in [0.5, 0.6) is 0 Å². The fourth-order valence-electron chi connectivity index (χ4n) is 20.0. The molecule has 1 heterocycles. The molecule has 0 radical (unpaired) electrons. The molecule has 19 atom stereocenters. The second kappa shape index (κ2) is 17.4. The minimum absolute atomic E-state index is 0.0781. The monoisotopic (exact) mass is 956 g/mol. The van der Waals surface area contributed by atoms with E-state index in [-0.39, 0.29) is 61.6 Å². The summed E-state index contributed by atoms with van der Waals surface area (Å²) in [4.78, 5) is 28.7. The van der Waals surface area contributed by atoms with Gasteiger partial charge < -0.3 is 40.2 Å². The summed E-state index contributed by atoms with van der Waals surface area (Å²) in [5.74, 6) is 4.10. The Hall–Kier alpha value is -3.40. The molecule has 4 bridgehead atoms. The van der Waals surface area contributed by atoms with Crippen LogP contribution in [-0.4, -0.2) is 90.8 Å². The zero-order chi connectivity index (χ0) is 48.4. The van der Waals surface area contributed by atoms with Crippen molar-refractivity contribution in [3.8, 4) is 11.8 Å². The maximum absolute atomic E-state index is 15.1. The molecule has 10 heteroatoms. The SMILES string of the molecule is CC(C1CCCC1)C1CCC2C(O)C3(CCC(CCc4ccccc4)C3)CC3(C=O)C4CCC56CCC#Cc7ccccc7CC(NCO)C7CC(CC5(O)C4(O)C(O)C(C1)C23O)C6C1=CC(=O)OC17. The first kappa shape index (κ1) is 47.6. The highest BCUT2D eigenvalue weighted by Crippen LogP contribution is 2.79. The van der Waals surface area contributed by atoms with Crippen LogP contribution in [0.2, 0.25) is 0 Å².